The van der Waals surface area contributed by atoms with Gasteiger partial charge in [-0.15, -0.1) is 0 Å². The summed E-state index contributed by atoms with van der Waals surface area (Å²) in [4.78, 5) is 58.1. The van der Waals surface area contributed by atoms with Gasteiger partial charge in [0.2, 0.25) is 0 Å². The highest BCUT2D eigenvalue weighted by Crippen LogP contribution is 2.29. The van der Waals surface area contributed by atoms with E-state index in [2.05, 4.69) is 80.3 Å². The smallest absolute Gasteiger partial charge is 0.387 e. The number of esters is 1. The molecular formula is C34H46N12O3. The molecule has 2 saturated heterocycles. The summed E-state index contributed by atoms with van der Waals surface area (Å²) < 4.78 is 4.43. The monoisotopic (exact) mass is 670 g/mol. The van der Waals surface area contributed by atoms with Gasteiger partial charge in [0.1, 0.15) is 35.6 Å². The van der Waals surface area contributed by atoms with Gasteiger partial charge in [0.25, 0.3) is 6.54 Å². The second-order valence-electron chi connectivity index (χ2n) is 12.2. The topological polar surface area (TPSA) is 157 Å². The van der Waals surface area contributed by atoms with Gasteiger partial charge in [-0.25, -0.2) is 37.9 Å². The molecule has 2 aliphatic heterocycles. The quantitative estimate of drug-likeness (QED) is 0.197. The summed E-state index contributed by atoms with van der Waals surface area (Å²) in [6, 6.07) is 4.68. The van der Waals surface area contributed by atoms with Crippen molar-refractivity contribution in [3.05, 3.63) is 60.0 Å². The van der Waals surface area contributed by atoms with Crippen molar-refractivity contribution < 1.29 is 14.3 Å². The molecule has 260 valence electrons. The van der Waals surface area contributed by atoms with Crippen LogP contribution < -0.4 is 15.1 Å². The third-order valence-electron chi connectivity index (χ3n) is 9.11. The summed E-state index contributed by atoms with van der Waals surface area (Å²) >= 11 is 0. The second-order valence-corrected chi connectivity index (χ2v) is 12.2. The average Bonchev–Trinajstić information content (AvgIpc) is 3.79. The fraction of sp³-hybridized carbons (Fsp3) is 0.529. The van der Waals surface area contributed by atoms with Crippen LogP contribution in [0.25, 0.3) is 31.8 Å². The van der Waals surface area contributed by atoms with E-state index in [0.717, 1.165) is 59.8 Å². The molecular weight excluding hydrogens is 624 g/mol. The number of ether oxygens (including phenoxy) is 1. The molecule has 0 bridgehead atoms. The Morgan fingerprint density at radius 1 is 0.898 bits per heavy atom. The Morgan fingerprint density at radius 3 is 2.02 bits per heavy atom. The normalized spacial score (nSPS) is 20.1. The van der Waals surface area contributed by atoms with E-state index < -0.39 is 5.97 Å². The lowest BCUT2D eigenvalue weighted by Gasteiger charge is -2.41. The van der Waals surface area contributed by atoms with Crippen LogP contribution in [0.3, 0.4) is 0 Å². The van der Waals surface area contributed by atoms with Gasteiger partial charge in [0, 0.05) is 52.2 Å². The van der Waals surface area contributed by atoms with E-state index in [1.54, 1.807) is 24.5 Å². The predicted molar refractivity (Wildman–Crippen MR) is 189 cm³/mol. The molecule has 4 aromatic rings. The molecule has 49 heavy (non-hydrogen) atoms. The molecule has 15 nitrogen and oxygen atoms in total. The fourth-order valence-corrected chi connectivity index (χ4v) is 6.30. The Balaban J connectivity index is 0.000000185. The molecule has 4 atom stereocenters. The number of likely N-dealkylation sites (N-methyl/N-ethyl adjacent to an activating group) is 2. The van der Waals surface area contributed by atoms with Crippen molar-refractivity contribution in [1.29, 1.82) is 0 Å². The maximum absolute atomic E-state index is 12.0. The number of amides is 1. The third kappa shape index (κ3) is 9.21. The summed E-state index contributed by atoms with van der Waals surface area (Å²) in [5.74, 6) is 2.48. The Morgan fingerprint density at radius 2 is 1.47 bits per heavy atom. The first-order valence-electron chi connectivity index (χ1n) is 16.5. The van der Waals surface area contributed by atoms with Crippen LogP contribution in [0.15, 0.2) is 37.2 Å². The maximum Gasteiger partial charge on any atom is 0.387 e. The molecule has 4 aromatic heterocycles. The van der Waals surface area contributed by atoms with Crippen LogP contribution in [0.2, 0.25) is 0 Å². The van der Waals surface area contributed by atoms with Crippen molar-refractivity contribution >= 4 is 45.6 Å². The van der Waals surface area contributed by atoms with Crippen LogP contribution in [0.4, 0.5) is 11.6 Å². The molecule has 0 unspecified atom stereocenters. The largest absolute Gasteiger partial charge is 0.460 e. The van der Waals surface area contributed by atoms with Crippen LogP contribution in [0.5, 0.6) is 0 Å². The Bertz CT molecular complexity index is 1760. The molecule has 0 aromatic carbocycles. The van der Waals surface area contributed by atoms with Gasteiger partial charge in [0.05, 0.1) is 23.4 Å². The van der Waals surface area contributed by atoms with Gasteiger partial charge in [-0.3, -0.25) is 4.79 Å². The molecule has 0 radical (unpaired) electrons. The van der Waals surface area contributed by atoms with E-state index in [-0.39, 0.29) is 25.0 Å². The lowest BCUT2D eigenvalue weighted by Crippen LogP contribution is -2.53. The highest BCUT2D eigenvalue weighted by Gasteiger charge is 2.33. The SMILES string of the molecule is C[C@@H]1CCNC[C@@H]1N(C)c1ncnc2[nH]ccc12.[C-]#[N+]CC(=O)N1CC[C@@H](C)[C@@H](N(C)c2ncnc3[nH]ccc23)C1.[C-]#[N+]CC(=O)OCC. The molecule has 15 heteroatoms. The number of piperidine rings is 2. The number of carbonyl (C=O) groups is 2. The van der Waals surface area contributed by atoms with E-state index in [9.17, 15) is 9.59 Å². The molecule has 3 N–H and O–H groups in total. The van der Waals surface area contributed by atoms with Gasteiger partial charge in [-0.2, -0.15) is 0 Å². The van der Waals surface area contributed by atoms with Gasteiger partial charge in [-0.1, -0.05) is 13.8 Å². The number of nitrogens with zero attached hydrogens (tertiary/aromatic N) is 9. The minimum absolute atomic E-state index is 0.0691. The molecule has 1 amide bonds. The lowest BCUT2D eigenvalue weighted by molar-refractivity contribution is -0.140. The number of aromatic amines is 2. The number of carbonyl (C=O) groups excluding carboxylic acids is 2. The van der Waals surface area contributed by atoms with Crippen LogP contribution in [0.1, 0.15) is 33.6 Å². The van der Waals surface area contributed by atoms with Crippen molar-refractivity contribution in [1.82, 2.24) is 40.1 Å². The first kappa shape index (κ1) is 36.6. The third-order valence-corrected chi connectivity index (χ3v) is 9.11. The standard InChI is InChI=1S/C16H20N6O.C13H19N5.C5H7NO2/c1-11-5-7-22(14(23)8-17-2)9-13(11)21(3)16-12-4-6-18-15(12)19-10-20-16;1-9-3-5-14-7-11(9)18(2)13-10-4-6-15-12(10)16-8-17-13;1-3-8-5(7)4-6-2/h4,6,10-11,13H,5,7-9H2,1,3H3,(H,18,19,20);4,6,8-9,11,14H,3,5,7H2,1-2H3,(H,15,16,17);3-4H2,1H3/t11-,13+;9-,11+;/m11./s1. The number of hydrogen-bond acceptors (Lipinski definition) is 10. The van der Waals surface area contributed by atoms with E-state index >= 15 is 0 Å². The summed E-state index contributed by atoms with van der Waals surface area (Å²) in [5.41, 5.74) is 1.72. The summed E-state index contributed by atoms with van der Waals surface area (Å²) in [5, 5.41) is 5.54. The molecule has 0 aliphatic carbocycles. The van der Waals surface area contributed by atoms with Gasteiger partial charge in [-0.05, 0) is 50.3 Å². The van der Waals surface area contributed by atoms with Crippen molar-refractivity contribution in [2.45, 2.75) is 45.7 Å². The highest BCUT2D eigenvalue weighted by molar-refractivity contribution is 5.88. The van der Waals surface area contributed by atoms with Crippen LogP contribution in [0, 0.1) is 25.0 Å². The van der Waals surface area contributed by atoms with Gasteiger partial charge < -0.3 is 44.4 Å². The number of likely N-dealkylation sites (tertiary alicyclic amines) is 1. The molecule has 6 heterocycles. The zero-order chi connectivity index (χ0) is 35.3. The zero-order valence-electron chi connectivity index (χ0n) is 28.9. The second kappa shape index (κ2) is 17.8. The number of H-pyrrole nitrogens is 2. The average molecular weight is 671 g/mol. The Kier molecular flexibility index (Phi) is 13.2. The van der Waals surface area contributed by atoms with Gasteiger partial charge >= 0.3 is 18.4 Å². The van der Waals surface area contributed by atoms with E-state index in [0.29, 0.717) is 31.0 Å². The molecule has 0 spiro atoms. The first-order valence-corrected chi connectivity index (χ1v) is 16.5. The predicted octanol–water partition coefficient (Wildman–Crippen LogP) is 3.41. The molecule has 6 rings (SSSR count). The maximum atomic E-state index is 12.0. The summed E-state index contributed by atoms with van der Waals surface area (Å²) in [6.45, 7) is 23.0. The van der Waals surface area contributed by atoms with Crippen molar-refractivity contribution in [3.63, 3.8) is 0 Å². The number of hydrogen-bond donors (Lipinski definition) is 3. The minimum atomic E-state index is -0.442. The van der Waals surface area contributed by atoms with E-state index in [1.807, 2.05) is 31.6 Å². The summed E-state index contributed by atoms with van der Waals surface area (Å²) in [7, 11) is 4.14. The highest BCUT2D eigenvalue weighted by atomic mass is 16.5. The van der Waals surface area contributed by atoms with Crippen molar-refractivity contribution in [3.8, 4) is 0 Å². The van der Waals surface area contributed by atoms with E-state index in [4.69, 9.17) is 13.1 Å². The number of aromatic nitrogens is 6. The van der Waals surface area contributed by atoms with Crippen molar-refractivity contribution in [2.24, 2.45) is 11.8 Å². The van der Waals surface area contributed by atoms with Crippen LogP contribution >= 0.6 is 0 Å². The Hall–Kier alpha value is -5.28. The van der Waals surface area contributed by atoms with Gasteiger partial charge in [0.15, 0.2) is 0 Å². The van der Waals surface area contributed by atoms with E-state index in [1.165, 1.54) is 6.42 Å². The van der Waals surface area contributed by atoms with Crippen LogP contribution in [-0.4, -0.2) is 119 Å². The van der Waals surface area contributed by atoms with Crippen LogP contribution in [-0.2, 0) is 14.3 Å². The Labute approximate surface area is 287 Å². The van der Waals surface area contributed by atoms with Crippen molar-refractivity contribution in [2.75, 3.05) is 69.8 Å². The number of nitrogens with one attached hydrogen (secondary N) is 3. The first-order chi connectivity index (χ1) is 23.7. The lowest BCUT2D eigenvalue weighted by atomic mass is 9.92. The zero-order valence-corrected chi connectivity index (χ0v) is 28.9. The molecule has 2 fully saturated rings. The number of rotatable bonds is 7. The summed E-state index contributed by atoms with van der Waals surface area (Å²) in [6.07, 6.45) is 9.11. The fourth-order valence-electron chi connectivity index (χ4n) is 6.30. The number of anilines is 2. The minimum Gasteiger partial charge on any atom is -0.460 e. The number of fused-ring (bicyclic) bond motifs is 2. The molecule has 2 aliphatic rings. The molecule has 0 saturated carbocycles.